The number of benzene rings is 2. The maximum Gasteiger partial charge on any atom is 0.338 e. The predicted octanol–water partition coefficient (Wildman–Crippen LogP) is 4.05. The molecular weight excluding hydrogens is 378 g/mol. The number of rotatable bonds is 7. The Kier molecular flexibility index (Phi) is 6.18. The van der Waals surface area contributed by atoms with Crippen LogP contribution in [-0.2, 0) is 4.74 Å². The quantitative estimate of drug-likeness (QED) is 0.482. The number of ether oxygens (including phenoxy) is 2. The van der Waals surface area contributed by atoms with Crippen LogP contribution in [0.1, 0.15) is 30.4 Å². The Morgan fingerprint density at radius 2 is 1.82 bits per heavy atom. The van der Waals surface area contributed by atoms with E-state index in [2.05, 4.69) is 5.32 Å². The van der Waals surface area contributed by atoms with Crippen LogP contribution in [0.25, 0.3) is 0 Å². The van der Waals surface area contributed by atoms with Gasteiger partial charge >= 0.3 is 5.97 Å². The van der Waals surface area contributed by atoms with Crippen molar-refractivity contribution < 1.29 is 23.9 Å². The molecule has 0 fully saturated rings. The molecule has 2 aromatic carbocycles. The molecule has 0 radical (unpaired) electrons. The lowest BCUT2D eigenvalue weighted by Crippen LogP contribution is -2.15. The Labute approximate surface area is 165 Å². The van der Waals surface area contributed by atoms with E-state index < -0.39 is 12.6 Å². The normalized spacial score (nSPS) is 10.2. The van der Waals surface area contributed by atoms with Crippen molar-refractivity contribution in [3.8, 4) is 5.75 Å². The van der Waals surface area contributed by atoms with Gasteiger partial charge in [0.15, 0.2) is 6.61 Å². The number of para-hydroxylation sites is 1. The van der Waals surface area contributed by atoms with E-state index in [0.29, 0.717) is 21.9 Å². The van der Waals surface area contributed by atoms with E-state index in [1.807, 2.05) is 0 Å². The van der Waals surface area contributed by atoms with Crippen molar-refractivity contribution in [1.82, 2.24) is 0 Å². The number of ketones is 1. The van der Waals surface area contributed by atoms with E-state index in [-0.39, 0.29) is 17.3 Å². The van der Waals surface area contributed by atoms with E-state index in [1.165, 1.54) is 24.5 Å². The Hall–Kier alpha value is -3.45. The summed E-state index contributed by atoms with van der Waals surface area (Å²) >= 11 is 1.32. The van der Waals surface area contributed by atoms with Crippen molar-refractivity contribution in [2.75, 3.05) is 19.0 Å². The Balaban J connectivity index is 1.63. The Bertz CT molecular complexity index is 998. The van der Waals surface area contributed by atoms with Gasteiger partial charge in [-0.15, -0.1) is 11.3 Å². The fraction of sp³-hybridized carbons (Fsp3) is 0.0952. The maximum absolute atomic E-state index is 12.3. The summed E-state index contributed by atoms with van der Waals surface area (Å²) in [6, 6.07) is 16.6. The second kappa shape index (κ2) is 8.96. The van der Waals surface area contributed by atoms with Gasteiger partial charge in [0, 0.05) is 5.69 Å². The van der Waals surface area contributed by atoms with Crippen LogP contribution in [0.2, 0.25) is 0 Å². The fourth-order valence-electron chi connectivity index (χ4n) is 2.49. The summed E-state index contributed by atoms with van der Waals surface area (Å²) in [6.07, 6.45) is 0. The van der Waals surface area contributed by atoms with Crippen LogP contribution in [0.5, 0.6) is 5.75 Å². The van der Waals surface area contributed by atoms with Gasteiger partial charge in [0.2, 0.25) is 5.78 Å². The summed E-state index contributed by atoms with van der Waals surface area (Å²) in [6.45, 7) is -0.412. The van der Waals surface area contributed by atoms with Gasteiger partial charge in [-0.3, -0.25) is 9.59 Å². The number of methoxy groups -OCH3 is 1. The molecule has 1 aromatic heterocycles. The first-order chi connectivity index (χ1) is 13.6. The van der Waals surface area contributed by atoms with Crippen molar-refractivity contribution in [1.29, 1.82) is 0 Å². The highest BCUT2D eigenvalue weighted by atomic mass is 32.1. The number of hydrogen-bond donors (Lipinski definition) is 1. The van der Waals surface area contributed by atoms with E-state index in [9.17, 15) is 14.4 Å². The molecule has 0 saturated heterocycles. The topological polar surface area (TPSA) is 81.7 Å². The first kappa shape index (κ1) is 19.3. The molecular formula is C21H17NO5S. The molecule has 28 heavy (non-hydrogen) atoms. The first-order valence-corrected chi connectivity index (χ1v) is 9.24. The molecule has 0 aliphatic heterocycles. The minimum absolute atomic E-state index is 0.233. The zero-order chi connectivity index (χ0) is 19.9. The molecule has 3 rings (SSSR count). The van der Waals surface area contributed by atoms with Crippen LogP contribution in [-0.4, -0.2) is 31.4 Å². The molecule has 1 N–H and O–H groups in total. The van der Waals surface area contributed by atoms with Crippen LogP contribution < -0.4 is 10.1 Å². The number of nitrogens with one attached hydrogen (secondary N) is 1. The molecule has 0 unspecified atom stereocenters. The number of hydrogen-bond acceptors (Lipinski definition) is 6. The highest BCUT2D eigenvalue weighted by molar-refractivity contribution is 7.12. The molecule has 0 atom stereocenters. The lowest BCUT2D eigenvalue weighted by molar-refractivity contribution is 0.0474. The van der Waals surface area contributed by atoms with Crippen LogP contribution in [0.4, 0.5) is 5.69 Å². The highest BCUT2D eigenvalue weighted by Gasteiger charge is 2.16. The lowest BCUT2D eigenvalue weighted by Gasteiger charge is -2.09. The summed E-state index contributed by atoms with van der Waals surface area (Å²) in [5.74, 6) is -0.864. The zero-order valence-corrected chi connectivity index (χ0v) is 15.8. The van der Waals surface area contributed by atoms with Crippen LogP contribution in [0.15, 0.2) is 66.0 Å². The molecule has 1 heterocycles. The average molecular weight is 395 g/mol. The number of thiophene rings is 1. The largest absolute Gasteiger partial charge is 0.496 e. The minimum atomic E-state index is -0.657. The van der Waals surface area contributed by atoms with Gasteiger partial charge in [0.1, 0.15) is 5.75 Å². The SMILES string of the molecule is COc1ccccc1C(=O)COC(=O)c1cccc(NC(=O)c2cccs2)c1. The standard InChI is InChI=1S/C21H17NO5S/c1-26-18-9-3-2-8-16(18)17(23)13-27-21(25)14-6-4-7-15(12-14)22-20(24)19-10-5-11-28-19/h2-12H,13H2,1H3,(H,22,24). The summed E-state index contributed by atoms with van der Waals surface area (Å²) in [4.78, 5) is 37.3. The third-order valence-electron chi connectivity index (χ3n) is 3.84. The van der Waals surface area contributed by atoms with Crippen LogP contribution in [0, 0.1) is 0 Å². The molecule has 0 bridgehead atoms. The second-order valence-electron chi connectivity index (χ2n) is 5.71. The van der Waals surface area contributed by atoms with Gasteiger partial charge in [0.05, 0.1) is 23.1 Å². The van der Waals surface area contributed by atoms with Crippen molar-refractivity contribution in [2.24, 2.45) is 0 Å². The Morgan fingerprint density at radius 3 is 2.57 bits per heavy atom. The highest BCUT2D eigenvalue weighted by Crippen LogP contribution is 2.19. The zero-order valence-electron chi connectivity index (χ0n) is 15.0. The number of carbonyl (C=O) groups is 3. The van der Waals surface area contributed by atoms with E-state index in [4.69, 9.17) is 9.47 Å². The molecule has 6 nitrogen and oxygen atoms in total. The van der Waals surface area contributed by atoms with Gasteiger partial charge < -0.3 is 14.8 Å². The molecule has 0 aliphatic rings. The lowest BCUT2D eigenvalue weighted by atomic mass is 10.1. The number of amides is 1. The molecule has 7 heteroatoms. The predicted molar refractivity (Wildman–Crippen MR) is 106 cm³/mol. The number of Topliss-reactive ketones (excluding diaryl/α,β-unsaturated/α-hetero) is 1. The molecule has 0 spiro atoms. The second-order valence-corrected chi connectivity index (χ2v) is 6.66. The number of anilines is 1. The minimum Gasteiger partial charge on any atom is -0.496 e. The molecule has 3 aromatic rings. The van der Waals surface area contributed by atoms with Gasteiger partial charge in [-0.25, -0.2) is 4.79 Å². The molecule has 1 amide bonds. The van der Waals surface area contributed by atoms with Crippen LogP contribution in [0.3, 0.4) is 0 Å². The summed E-state index contributed by atoms with van der Waals surface area (Å²) in [5, 5.41) is 4.53. The van der Waals surface area contributed by atoms with E-state index in [1.54, 1.807) is 60.0 Å². The smallest absolute Gasteiger partial charge is 0.338 e. The molecule has 0 saturated carbocycles. The fourth-order valence-corrected chi connectivity index (χ4v) is 3.11. The number of esters is 1. The summed E-state index contributed by atoms with van der Waals surface area (Å²) in [7, 11) is 1.47. The Morgan fingerprint density at radius 1 is 1.00 bits per heavy atom. The van der Waals surface area contributed by atoms with Gasteiger partial charge in [-0.1, -0.05) is 24.3 Å². The molecule has 0 aliphatic carbocycles. The van der Waals surface area contributed by atoms with Crippen molar-refractivity contribution >= 4 is 34.7 Å². The van der Waals surface area contributed by atoms with E-state index in [0.717, 1.165) is 0 Å². The first-order valence-electron chi connectivity index (χ1n) is 8.36. The van der Waals surface area contributed by atoms with Gasteiger partial charge in [0.25, 0.3) is 5.91 Å². The number of carbonyl (C=O) groups excluding carboxylic acids is 3. The van der Waals surface area contributed by atoms with Crippen molar-refractivity contribution in [2.45, 2.75) is 0 Å². The average Bonchev–Trinajstić information content (AvgIpc) is 3.27. The summed E-state index contributed by atoms with van der Waals surface area (Å²) in [5.41, 5.74) is 1.04. The monoisotopic (exact) mass is 395 g/mol. The maximum atomic E-state index is 12.3. The third kappa shape index (κ3) is 4.63. The summed E-state index contributed by atoms with van der Waals surface area (Å²) < 4.78 is 10.3. The van der Waals surface area contributed by atoms with Crippen molar-refractivity contribution in [3.05, 3.63) is 82.0 Å². The van der Waals surface area contributed by atoms with Crippen molar-refractivity contribution in [3.63, 3.8) is 0 Å². The van der Waals surface area contributed by atoms with Crippen LogP contribution >= 0.6 is 11.3 Å². The van der Waals surface area contributed by atoms with E-state index >= 15 is 0 Å². The van der Waals surface area contributed by atoms with Gasteiger partial charge in [-0.2, -0.15) is 0 Å². The van der Waals surface area contributed by atoms with Gasteiger partial charge in [-0.05, 0) is 41.8 Å². The third-order valence-corrected chi connectivity index (χ3v) is 4.71. The molecule has 142 valence electrons.